The van der Waals surface area contributed by atoms with Crippen molar-refractivity contribution in [1.29, 1.82) is 0 Å². The highest BCUT2D eigenvalue weighted by Crippen LogP contribution is 2.24. The Morgan fingerprint density at radius 1 is 1.35 bits per heavy atom. The predicted octanol–water partition coefficient (Wildman–Crippen LogP) is 2.75. The standard InChI is InChI=1S/C14H15BrN2O3/c1-19-10-4-5-12(15)9(7-10)3-6-13-11(8-16-17-13)14(18)20-2/h4-5,7-8H,3,6H2,1-2H3,(H,16,17). The molecule has 0 atom stereocenters. The summed E-state index contributed by atoms with van der Waals surface area (Å²) in [5.74, 6) is 0.430. The maximum Gasteiger partial charge on any atom is 0.341 e. The van der Waals surface area contributed by atoms with Crippen LogP contribution in [0.15, 0.2) is 28.9 Å². The molecule has 0 aliphatic rings. The summed E-state index contributed by atoms with van der Waals surface area (Å²) < 4.78 is 10.9. The SMILES string of the molecule is COC(=O)c1cn[nH]c1CCc1cc(OC)ccc1Br. The minimum absolute atomic E-state index is 0.376. The third-order valence-corrected chi connectivity index (χ3v) is 3.79. The van der Waals surface area contributed by atoms with Crippen LogP contribution in [0.2, 0.25) is 0 Å². The Bertz CT molecular complexity index is 610. The molecule has 1 N–H and O–H groups in total. The molecule has 2 rings (SSSR count). The lowest BCUT2D eigenvalue weighted by Gasteiger charge is -2.07. The second kappa shape index (κ2) is 6.56. The van der Waals surface area contributed by atoms with E-state index < -0.39 is 0 Å². The van der Waals surface area contributed by atoms with Gasteiger partial charge in [-0.1, -0.05) is 15.9 Å². The number of aryl methyl sites for hydroxylation is 2. The molecule has 0 saturated carbocycles. The number of nitrogens with zero attached hydrogens (tertiary/aromatic N) is 1. The van der Waals surface area contributed by atoms with E-state index in [4.69, 9.17) is 9.47 Å². The number of rotatable bonds is 5. The van der Waals surface area contributed by atoms with Gasteiger partial charge in [0.25, 0.3) is 0 Å². The van der Waals surface area contributed by atoms with E-state index in [0.717, 1.165) is 27.9 Å². The molecule has 1 heterocycles. The van der Waals surface area contributed by atoms with Gasteiger partial charge in [0.05, 0.1) is 26.1 Å². The third-order valence-electron chi connectivity index (χ3n) is 3.02. The van der Waals surface area contributed by atoms with Crippen LogP contribution in [0.4, 0.5) is 0 Å². The number of esters is 1. The lowest BCUT2D eigenvalue weighted by molar-refractivity contribution is 0.0599. The number of hydrogen-bond donors (Lipinski definition) is 1. The smallest absolute Gasteiger partial charge is 0.341 e. The first kappa shape index (κ1) is 14.6. The highest BCUT2D eigenvalue weighted by atomic mass is 79.9. The highest BCUT2D eigenvalue weighted by Gasteiger charge is 2.14. The minimum atomic E-state index is -0.376. The van der Waals surface area contributed by atoms with Crippen LogP contribution in [-0.4, -0.2) is 30.4 Å². The normalized spacial score (nSPS) is 10.3. The lowest BCUT2D eigenvalue weighted by atomic mass is 10.1. The van der Waals surface area contributed by atoms with Crippen LogP contribution in [0.25, 0.3) is 0 Å². The number of aromatic nitrogens is 2. The number of hydrogen-bond acceptors (Lipinski definition) is 4. The summed E-state index contributed by atoms with van der Waals surface area (Å²) >= 11 is 3.51. The molecule has 1 aromatic heterocycles. The number of carbonyl (C=O) groups excluding carboxylic acids is 1. The average Bonchev–Trinajstić information content (AvgIpc) is 2.94. The van der Waals surface area contributed by atoms with Crippen molar-refractivity contribution in [2.24, 2.45) is 0 Å². The first-order valence-electron chi connectivity index (χ1n) is 6.08. The first-order valence-corrected chi connectivity index (χ1v) is 6.88. The van der Waals surface area contributed by atoms with Crippen molar-refractivity contribution in [3.63, 3.8) is 0 Å². The van der Waals surface area contributed by atoms with Gasteiger partial charge in [-0.05, 0) is 36.6 Å². The zero-order chi connectivity index (χ0) is 14.5. The minimum Gasteiger partial charge on any atom is -0.497 e. The van der Waals surface area contributed by atoms with E-state index in [1.165, 1.54) is 13.3 Å². The van der Waals surface area contributed by atoms with Crippen molar-refractivity contribution in [1.82, 2.24) is 10.2 Å². The molecular formula is C14H15BrN2O3. The second-order valence-electron chi connectivity index (χ2n) is 4.21. The number of H-pyrrole nitrogens is 1. The fourth-order valence-electron chi connectivity index (χ4n) is 1.92. The summed E-state index contributed by atoms with van der Waals surface area (Å²) in [7, 11) is 3.00. The Morgan fingerprint density at radius 2 is 2.15 bits per heavy atom. The number of ether oxygens (including phenoxy) is 2. The number of aromatic amines is 1. The fraction of sp³-hybridized carbons (Fsp3) is 0.286. The molecule has 2 aromatic rings. The fourth-order valence-corrected chi connectivity index (χ4v) is 2.36. The third kappa shape index (κ3) is 3.19. The van der Waals surface area contributed by atoms with Gasteiger partial charge < -0.3 is 9.47 Å². The first-order chi connectivity index (χ1) is 9.65. The van der Waals surface area contributed by atoms with Gasteiger partial charge in [-0.15, -0.1) is 0 Å². The van der Waals surface area contributed by atoms with Gasteiger partial charge in [0.1, 0.15) is 11.3 Å². The predicted molar refractivity (Wildman–Crippen MR) is 78.0 cm³/mol. The number of benzene rings is 1. The van der Waals surface area contributed by atoms with Crippen molar-refractivity contribution < 1.29 is 14.3 Å². The van der Waals surface area contributed by atoms with Crippen LogP contribution in [0, 0.1) is 0 Å². The summed E-state index contributed by atoms with van der Waals surface area (Å²) in [6, 6.07) is 5.81. The molecule has 0 bridgehead atoms. The largest absolute Gasteiger partial charge is 0.497 e. The highest BCUT2D eigenvalue weighted by molar-refractivity contribution is 9.10. The van der Waals surface area contributed by atoms with Crippen LogP contribution in [0.1, 0.15) is 21.6 Å². The van der Waals surface area contributed by atoms with Gasteiger partial charge in [-0.2, -0.15) is 5.10 Å². The zero-order valence-electron chi connectivity index (χ0n) is 11.3. The van der Waals surface area contributed by atoms with Crippen LogP contribution in [0.5, 0.6) is 5.75 Å². The lowest BCUT2D eigenvalue weighted by Crippen LogP contribution is -2.05. The van der Waals surface area contributed by atoms with Crippen molar-refractivity contribution >= 4 is 21.9 Å². The van der Waals surface area contributed by atoms with E-state index in [9.17, 15) is 4.79 Å². The maximum atomic E-state index is 11.6. The molecule has 0 saturated heterocycles. The molecule has 0 aliphatic heterocycles. The molecule has 0 amide bonds. The number of methoxy groups -OCH3 is 2. The van der Waals surface area contributed by atoms with E-state index in [-0.39, 0.29) is 5.97 Å². The van der Waals surface area contributed by atoms with Gasteiger partial charge in [0.2, 0.25) is 0 Å². The second-order valence-corrected chi connectivity index (χ2v) is 5.07. The Balaban J connectivity index is 2.13. The topological polar surface area (TPSA) is 64.2 Å². The molecule has 0 radical (unpaired) electrons. The van der Waals surface area contributed by atoms with Crippen LogP contribution < -0.4 is 4.74 Å². The van der Waals surface area contributed by atoms with Crippen LogP contribution in [-0.2, 0) is 17.6 Å². The summed E-state index contributed by atoms with van der Waals surface area (Å²) in [4.78, 5) is 11.6. The van der Waals surface area contributed by atoms with E-state index in [1.54, 1.807) is 7.11 Å². The van der Waals surface area contributed by atoms with E-state index in [2.05, 4.69) is 26.1 Å². The van der Waals surface area contributed by atoms with Gasteiger partial charge in [-0.25, -0.2) is 4.79 Å². The zero-order valence-corrected chi connectivity index (χ0v) is 12.9. The molecule has 0 spiro atoms. The van der Waals surface area contributed by atoms with Crippen LogP contribution in [0.3, 0.4) is 0 Å². The van der Waals surface area contributed by atoms with Gasteiger partial charge in [0, 0.05) is 4.47 Å². The van der Waals surface area contributed by atoms with Gasteiger partial charge in [0.15, 0.2) is 0 Å². The Labute approximate surface area is 125 Å². The Morgan fingerprint density at radius 3 is 2.85 bits per heavy atom. The van der Waals surface area contributed by atoms with E-state index >= 15 is 0 Å². The molecule has 6 heteroatoms. The molecule has 106 valence electrons. The Hall–Kier alpha value is -1.82. The van der Waals surface area contributed by atoms with Crippen molar-refractivity contribution in [3.05, 3.63) is 45.7 Å². The average molecular weight is 339 g/mol. The molecule has 20 heavy (non-hydrogen) atoms. The Kier molecular flexibility index (Phi) is 4.79. The maximum absolute atomic E-state index is 11.6. The van der Waals surface area contributed by atoms with E-state index in [1.807, 2.05) is 18.2 Å². The number of halogens is 1. The number of nitrogens with one attached hydrogen (secondary N) is 1. The van der Waals surface area contributed by atoms with Crippen molar-refractivity contribution in [2.45, 2.75) is 12.8 Å². The van der Waals surface area contributed by atoms with Crippen LogP contribution >= 0.6 is 15.9 Å². The molecule has 1 aromatic carbocycles. The van der Waals surface area contributed by atoms with E-state index in [0.29, 0.717) is 12.0 Å². The summed E-state index contributed by atoms with van der Waals surface area (Å²) in [6.07, 6.45) is 2.90. The molecule has 5 nitrogen and oxygen atoms in total. The van der Waals surface area contributed by atoms with Gasteiger partial charge >= 0.3 is 5.97 Å². The summed E-state index contributed by atoms with van der Waals surface area (Å²) in [5.41, 5.74) is 2.35. The van der Waals surface area contributed by atoms with Gasteiger partial charge in [-0.3, -0.25) is 5.10 Å². The molecule has 0 fully saturated rings. The monoisotopic (exact) mass is 338 g/mol. The molecular weight excluding hydrogens is 324 g/mol. The van der Waals surface area contributed by atoms with Crippen molar-refractivity contribution in [3.8, 4) is 5.75 Å². The molecule has 0 aliphatic carbocycles. The summed E-state index contributed by atoms with van der Waals surface area (Å²) in [5, 5.41) is 6.74. The molecule has 0 unspecified atom stereocenters. The van der Waals surface area contributed by atoms with Crippen molar-refractivity contribution in [2.75, 3.05) is 14.2 Å². The summed E-state index contributed by atoms with van der Waals surface area (Å²) in [6.45, 7) is 0. The quantitative estimate of drug-likeness (QED) is 0.851. The number of carbonyl (C=O) groups is 1.